The van der Waals surface area contributed by atoms with Crippen LogP contribution >= 0.6 is 0 Å². The molecule has 0 bridgehead atoms. The van der Waals surface area contributed by atoms with E-state index in [0.29, 0.717) is 11.5 Å². The first kappa shape index (κ1) is 11.9. The maximum Gasteiger partial charge on any atom is 0.165 e. The van der Waals surface area contributed by atoms with Gasteiger partial charge in [0.05, 0.1) is 6.61 Å². The highest BCUT2D eigenvalue weighted by molar-refractivity contribution is 5.96. The normalized spacial score (nSPS) is 12.5. The van der Waals surface area contributed by atoms with E-state index in [9.17, 15) is 4.79 Å². The van der Waals surface area contributed by atoms with Gasteiger partial charge in [-0.25, -0.2) is 0 Å². The number of carbonyl (C=O) groups is 1. The Labute approximate surface area is 90.9 Å². The van der Waals surface area contributed by atoms with Crippen LogP contribution in [0.3, 0.4) is 0 Å². The van der Waals surface area contributed by atoms with Crippen LogP contribution in [0.15, 0.2) is 24.3 Å². The van der Waals surface area contributed by atoms with Crippen molar-refractivity contribution in [3.8, 4) is 0 Å². The summed E-state index contributed by atoms with van der Waals surface area (Å²) >= 11 is 0. The van der Waals surface area contributed by atoms with Crippen molar-refractivity contribution in [3.05, 3.63) is 35.4 Å². The van der Waals surface area contributed by atoms with Gasteiger partial charge in [0.15, 0.2) is 5.78 Å². The minimum absolute atomic E-state index is 0.00759. The van der Waals surface area contributed by atoms with Crippen LogP contribution in [0.5, 0.6) is 0 Å². The van der Waals surface area contributed by atoms with Crippen LogP contribution in [0.2, 0.25) is 0 Å². The van der Waals surface area contributed by atoms with Gasteiger partial charge in [0, 0.05) is 12.0 Å². The first-order valence-electron chi connectivity index (χ1n) is 5.43. The molecule has 1 atom stereocenters. The molecular weight excluding hydrogens is 188 g/mol. The van der Waals surface area contributed by atoms with Gasteiger partial charge in [0.1, 0.15) is 0 Å². The third-order valence-electron chi connectivity index (χ3n) is 2.75. The molecule has 0 saturated heterocycles. The number of ketones is 1. The van der Waals surface area contributed by atoms with Crippen LogP contribution in [-0.2, 0) is 0 Å². The average molecular weight is 206 g/mol. The molecular formula is C13H18O2. The maximum atomic E-state index is 11.4. The lowest BCUT2D eigenvalue weighted by atomic mass is 9.96. The van der Waals surface area contributed by atoms with Crippen LogP contribution in [-0.4, -0.2) is 17.5 Å². The third-order valence-corrected chi connectivity index (χ3v) is 2.75. The maximum absolute atomic E-state index is 11.4. The van der Waals surface area contributed by atoms with Crippen LogP contribution < -0.4 is 0 Å². The standard InChI is InChI=1S/C13H18O2/c1-3-10(2)11-4-6-12(7-5-11)13(15)8-9-14/h4-7,10,14H,3,8-9H2,1-2H3. The number of rotatable bonds is 5. The Morgan fingerprint density at radius 3 is 2.40 bits per heavy atom. The first-order valence-corrected chi connectivity index (χ1v) is 5.43. The lowest BCUT2D eigenvalue weighted by molar-refractivity contribution is 0.0956. The van der Waals surface area contributed by atoms with E-state index in [0.717, 1.165) is 6.42 Å². The fourth-order valence-corrected chi connectivity index (χ4v) is 1.48. The van der Waals surface area contributed by atoms with Crippen LogP contribution in [0.4, 0.5) is 0 Å². The number of aliphatic hydroxyl groups excluding tert-OH is 1. The van der Waals surface area contributed by atoms with Gasteiger partial charge in [0.25, 0.3) is 0 Å². The molecule has 82 valence electrons. The van der Waals surface area contributed by atoms with E-state index >= 15 is 0 Å². The summed E-state index contributed by atoms with van der Waals surface area (Å²) in [5, 5.41) is 8.66. The lowest BCUT2D eigenvalue weighted by Crippen LogP contribution is -2.02. The van der Waals surface area contributed by atoms with Gasteiger partial charge in [0.2, 0.25) is 0 Å². The minimum Gasteiger partial charge on any atom is -0.396 e. The highest BCUT2D eigenvalue weighted by atomic mass is 16.3. The smallest absolute Gasteiger partial charge is 0.165 e. The lowest BCUT2D eigenvalue weighted by Gasteiger charge is -2.09. The summed E-state index contributed by atoms with van der Waals surface area (Å²) in [5.41, 5.74) is 1.95. The molecule has 1 N–H and O–H groups in total. The highest BCUT2D eigenvalue weighted by Crippen LogP contribution is 2.19. The number of Topliss-reactive ketones (excluding diaryl/α,β-unsaturated/α-hetero) is 1. The molecule has 0 amide bonds. The van der Waals surface area contributed by atoms with Crippen molar-refractivity contribution < 1.29 is 9.90 Å². The average Bonchev–Trinajstić information content (AvgIpc) is 2.28. The van der Waals surface area contributed by atoms with Gasteiger partial charge >= 0.3 is 0 Å². The Morgan fingerprint density at radius 2 is 1.93 bits per heavy atom. The predicted molar refractivity (Wildman–Crippen MR) is 61.2 cm³/mol. The summed E-state index contributed by atoms with van der Waals surface area (Å²) in [4.78, 5) is 11.4. The molecule has 1 rings (SSSR count). The molecule has 1 aromatic carbocycles. The summed E-state index contributed by atoms with van der Waals surface area (Å²) in [6.07, 6.45) is 1.31. The molecule has 0 radical (unpaired) electrons. The van der Waals surface area contributed by atoms with Gasteiger partial charge in [-0.15, -0.1) is 0 Å². The number of carbonyl (C=O) groups excluding carboxylic acids is 1. The molecule has 2 heteroatoms. The molecule has 0 spiro atoms. The summed E-state index contributed by atoms with van der Waals surface area (Å²) < 4.78 is 0. The molecule has 0 saturated carbocycles. The fraction of sp³-hybridized carbons (Fsp3) is 0.462. The molecule has 1 unspecified atom stereocenters. The molecule has 0 heterocycles. The molecule has 1 aromatic rings. The van der Waals surface area contributed by atoms with Crippen LogP contribution in [0.25, 0.3) is 0 Å². The van der Waals surface area contributed by atoms with E-state index in [1.54, 1.807) is 0 Å². The van der Waals surface area contributed by atoms with Crippen LogP contribution in [0.1, 0.15) is 48.5 Å². The second-order valence-electron chi connectivity index (χ2n) is 3.83. The Morgan fingerprint density at radius 1 is 1.33 bits per heavy atom. The second kappa shape index (κ2) is 5.66. The van der Waals surface area contributed by atoms with Gasteiger partial charge in [-0.05, 0) is 17.9 Å². The molecule has 0 aromatic heterocycles. The second-order valence-corrected chi connectivity index (χ2v) is 3.83. The van der Waals surface area contributed by atoms with Crippen molar-refractivity contribution in [3.63, 3.8) is 0 Å². The zero-order valence-corrected chi connectivity index (χ0v) is 9.36. The van der Waals surface area contributed by atoms with Crippen molar-refractivity contribution >= 4 is 5.78 Å². The zero-order valence-electron chi connectivity index (χ0n) is 9.36. The van der Waals surface area contributed by atoms with Gasteiger partial charge in [-0.2, -0.15) is 0 Å². The van der Waals surface area contributed by atoms with E-state index in [1.807, 2.05) is 24.3 Å². The van der Waals surface area contributed by atoms with Gasteiger partial charge < -0.3 is 5.11 Å². The Kier molecular flexibility index (Phi) is 4.50. The highest BCUT2D eigenvalue weighted by Gasteiger charge is 2.06. The van der Waals surface area contributed by atoms with Crippen molar-refractivity contribution in [2.24, 2.45) is 0 Å². The van der Waals surface area contributed by atoms with E-state index in [2.05, 4.69) is 13.8 Å². The van der Waals surface area contributed by atoms with Crippen LogP contribution in [0, 0.1) is 0 Å². The van der Waals surface area contributed by atoms with Crippen molar-refractivity contribution in [1.29, 1.82) is 0 Å². The molecule has 0 aliphatic rings. The molecule has 0 aliphatic heterocycles. The monoisotopic (exact) mass is 206 g/mol. The van der Waals surface area contributed by atoms with E-state index in [4.69, 9.17) is 5.11 Å². The topological polar surface area (TPSA) is 37.3 Å². The number of aliphatic hydroxyl groups is 1. The van der Waals surface area contributed by atoms with Gasteiger partial charge in [-0.3, -0.25) is 4.79 Å². The van der Waals surface area contributed by atoms with Crippen molar-refractivity contribution in [2.45, 2.75) is 32.6 Å². The molecule has 0 fully saturated rings. The summed E-state index contributed by atoms with van der Waals surface area (Å²) in [7, 11) is 0. The molecule has 15 heavy (non-hydrogen) atoms. The minimum atomic E-state index is -0.0774. The zero-order chi connectivity index (χ0) is 11.3. The summed E-state index contributed by atoms with van der Waals surface area (Å²) in [6, 6.07) is 7.69. The van der Waals surface area contributed by atoms with Gasteiger partial charge in [-0.1, -0.05) is 38.1 Å². The SMILES string of the molecule is CCC(C)c1ccc(C(=O)CCO)cc1. The van der Waals surface area contributed by atoms with Crippen molar-refractivity contribution in [2.75, 3.05) is 6.61 Å². The number of hydrogen-bond acceptors (Lipinski definition) is 2. The van der Waals surface area contributed by atoms with E-state index in [1.165, 1.54) is 5.56 Å². The first-order chi connectivity index (χ1) is 7.19. The third kappa shape index (κ3) is 3.17. The molecule has 2 nitrogen and oxygen atoms in total. The summed E-state index contributed by atoms with van der Waals surface area (Å²) in [6.45, 7) is 4.24. The number of benzene rings is 1. The number of hydrogen-bond donors (Lipinski definition) is 1. The van der Waals surface area contributed by atoms with E-state index in [-0.39, 0.29) is 18.8 Å². The Balaban J connectivity index is 2.76. The summed E-state index contributed by atoms with van der Waals surface area (Å²) in [5.74, 6) is 0.542. The van der Waals surface area contributed by atoms with E-state index < -0.39 is 0 Å². The van der Waals surface area contributed by atoms with Crippen molar-refractivity contribution in [1.82, 2.24) is 0 Å². The predicted octanol–water partition coefficient (Wildman–Crippen LogP) is 2.77. The largest absolute Gasteiger partial charge is 0.396 e. The Bertz CT molecular complexity index is 314. The molecule has 0 aliphatic carbocycles. The quantitative estimate of drug-likeness (QED) is 0.752. The fourth-order valence-electron chi connectivity index (χ4n) is 1.48. The Hall–Kier alpha value is -1.15.